The molecular formula is C14H20ClNO. The molecule has 0 unspecified atom stereocenters. The Morgan fingerprint density at radius 3 is 3.06 bits per heavy atom. The molecule has 0 aliphatic carbocycles. The largest absolute Gasteiger partial charge is 0.492 e. The number of nitrogens with one attached hydrogen (secondary N) is 1. The lowest BCUT2D eigenvalue weighted by Crippen LogP contribution is -2.35. The fraction of sp³-hybridized carbons (Fsp3) is 0.571. The molecule has 0 saturated carbocycles. The van der Waals surface area contributed by atoms with E-state index < -0.39 is 0 Å². The molecule has 1 saturated heterocycles. The van der Waals surface area contributed by atoms with Gasteiger partial charge in [-0.2, -0.15) is 0 Å². The second-order valence-electron chi connectivity index (χ2n) is 4.72. The first kappa shape index (κ1) is 12.7. The van der Waals surface area contributed by atoms with Gasteiger partial charge in [-0.15, -0.1) is 0 Å². The summed E-state index contributed by atoms with van der Waals surface area (Å²) >= 11 is 6.08. The van der Waals surface area contributed by atoms with Gasteiger partial charge in [0.15, 0.2) is 0 Å². The van der Waals surface area contributed by atoms with E-state index in [9.17, 15) is 0 Å². The van der Waals surface area contributed by atoms with Crippen molar-refractivity contribution >= 4 is 11.6 Å². The third-order valence-electron chi connectivity index (χ3n) is 3.22. The van der Waals surface area contributed by atoms with Crippen LogP contribution in [0.2, 0.25) is 5.02 Å². The van der Waals surface area contributed by atoms with Gasteiger partial charge in [0, 0.05) is 6.04 Å². The molecule has 0 aromatic heterocycles. The summed E-state index contributed by atoms with van der Waals surface area (Å²) in [5, 5.41) is 4.22. The van der Waals surface area contributed by atoms with Crippen LogP contribution in [0.3, 0.4) is 0 Å². The highest BCUT2D eigenvalue weighted by Gasteiger charge is 2.12. The molecule has 1 aromatic carbocycles. The molecule has 0 bridgehead atoms. The lowest BCUT2D eigenvalue weighted by Gasteiger charge is -2.23. The number of rotatable bonds is 4. The highest BCUT2D eigenvalue weighted by Crippen LogP contribution is 2.25. The molecule has 2 rings (SSSR count). The van der Waals surface area contributed by atoms with Crippen LogP contribution < -0.4 is 10.1 Å². The van der Waals surface area contributed by atoms with E-state index in [-0.39, 0.29) is 0 Å². The van der Waals surface area contributed by atoms with Crippen LogP contribution in [0.15, 0.2) is 18.2 Å². The van der Waals surface area contributed by atoms with E-state index in [1.807, 2.05) is 25.1 Å². The predicted molar refractivity (Wildman–Crippen MR) is 71.9 cm³/mol. The van der Waals surface area contributed by atoms with E-state index in [4.69, 9.17) is 16.3 Å². The lowest BCUT2D eigenvalue weighted by molar-refractivity contribution is 0.268. The number of halogens is 1. The van der Waals surface area contributed by atoms with Crippen molar-refractivity contribution in [2.45, 2.75) is 38.6 Å². The molecule has 94 valence electrons. The first-order valence-corrected chi connectivity index (χ1v) is 6.76. The normalized spacial score (nSPS) is 20.2. The Morgan fingerprint density at radius 2 is 2.29 bits per heavy atom. The number of hydrogen-bond acceptors (Lipinski definition) is 2. The van der Waals surface area contributed by atoms with Crippen molar-refractivity contribution in [3.05, 3.63) is 28.8 Å². The second-order valence-corrected chi connectivity index (χ2v) is 5.13. The molecule has 0 spiro atoms. The Balaban J connectivity index is 1.79. The van der Waals surface area contributed by atoms with Crippen LogP contribution in [0.1, 0.15) is 31.2 Å². The summed E-state index contributed by atoms with van der Waals surface area (Å²) in [5.41, 5.74) is 1.18. The maximum atomic E-state index is 6.08. The molecular weight excluding hydrogens is 234 g/mol. The van der Waals surface area contributed by atoms with Crippen LogP contribution in [0.25, 0.3) is 0 Å². The lowest BCUT2D eigenvalue weighted by atomic mass is 10.0. The average molecular weight is 254 g/mol. The maximum absolute atomic E-state index is 6.08. The summed E-state index contributed by atoms with van der Waals surface area (Å²) < 4.78 is 5.75. The van der Waals surface area contributed by atoms with Crippen molar-refractivity contribution in [3.63, 3.8) is 0 Å². The van der Waals surface area contributed by atoms with Gasteiger partial charge in [0.25, 0.3) is 0 Å². The molecule has 2 nitrogen and oxygen atoms in total. The van der Waals surface area contributed by atoms with Gasteiger partial charge >= 0.3 is 0 Å². The summed E-state index contributed by atoms with van der Waals surface area (Å²) in [6.07, 6.45) is 4.97. The molecule has 1 aliphatic heterocycles. The van der Waals surface area contributed by atoms with Gasteiger partial charge in [-0.05, 0) is 50.4 Å². The van der Waals surface area contributed by atoms with Crippen LogP contribution in [0, 0.1) is 6.92 Å². The molecule has 0 radical (unpaired) electrons. The molecule has 1 atom stereocenters. The quantitative estimate of drug-likeness (QED) is 0.886. The molecule has 3 heteroatoms. The third kappa shape index (κ3) is 3.90. The Bertz CT molecular complexity index is 361. The van der Waals surface area contributed by atoms with Gasteiger partial charge in [-0.25, -0.2) is 0 Å². The minimum Gasteiger partial charge on any atom is -0.492 e. The van der Waals surface area contributed by atoms with Crippen molar-refractivity contribution in [3.8, 4) is 5.75 Å². The van der Waals surface area contributed by atoms with Gasteiger partial charge in [0.1, 0.15) is 5.75 Å². The molecule has 17 heavy (non-hydrogen) atoms. The third-order valence-corrected chi connectivity index (χ3v) is 3.54. The first-order chi connectivity index (χ1) is 8.25. The van der Waals surface area contributed by atoms with Gasteiger partial charge in [-0.1, -0.05) is 24.1 Å². The predicted octanol–water partition coefficient (Wildman–Crippen LogP) is 3.56. The molecule has 0 amide bonds. The van der Waals surface area contributed by atoms with Crippen molar-refractivity contribution in [2.24, 2.45) is 0 Å². The standard InChI is InChI=1S/C14H20ClNO/c1-11-5-6-13(15)14(10-11)17-9-7-12-4-2-3-8-16-12/h5-6,10,12,16H,2-4,7-9H2,1H3/t12-/m0/s1. The first-order valence-electron chi connectivity index (χ1n) is 6.38. The summed E-state index contributed by atoms with van der Waals surface area (Å²) in [4.78, 5) is 0. The van der Waals surface area contributed by atoms with Crippen LogP contribution in [0.4, 0.5) is 0 Å². The van der Waals surface area contributed by atoms with Crippen LogP contribution in [-0.4, -0.2) is 19.2 Å². The van der Waals surface area contributed by atoms with Crippen LogP contribution in [0.5, 0.6) is 5.75 Å². The fourth-order valence-corrected chi connectivity index (χ4v) is 2.37. The zero-order valence-corrected chi connectivity index (χ0v) is 11.1. The minimum atomic E-state index is 0.618. The second kappa shape index (κ2) is 6.27. The topological polar surface area (TPSA) is 21.3 Å². The fourth-order valence-electron chi connectivity index (χ4n) is 2.20. The van der Waals surface area contributed by atoms with Crippen molar-refractivity contribution in [1.29, 1.82) is 0 Å². The van der Waals surface area contributed by atoms with E-state index >= 15 is 0 Å². The number of benzene rings is 1. The maximum Gasteiger partial charge on any atom is 0.138 e. The summed E-state index contributed by atoms with van der Waals surface area (Å²) in [7, 11) is 0. The zero-order chi connectivity index (χ0) is 12.1. The number of hydrogen-bond donors (Lipinski definition) is 1. The Labute approximate surface area is 108 Å². The summed E-state index contributed by atoms with van der Waals surface area (Å²) in [5.74, 6) is 0.808. The Hall–Kier alpha value is -0.730. The summed E-state index contributed by atoms with van der Waals surface area (Å²) in [6.45, 7) is 3.93. The molecule has 1 N–H and O–H groups in total. The van der Waals surface area contributed by atoms with E-state index in [1.165, 1.54) is 24.8 Å². The van der Waals surface area contributed by atoms with Crippen molar-refractivity contribution in [1.82, 2.24) is 5.32 Å². The van der Waals surface area contributed by atoms with Crippen molar-refractivity contribution in [2.75, 3.05) is 13.2 Å². The number of ether oxygens (including phenoxy) is 1. The monoisotopic (exact) mass is 253 g/mol. The van der Waals surface area contributed by atoms with E-state index in [1.54, 1.807) is 0 Å². The minimum absolute atomic E-state index is 0.618. The smallest absolute Gasteiger partial charge is 0.138 e. The molecule has 1 fully saturated rings. The molecule has 1 aliphatic rings. The molecule has 1 heterocycles. The highest BCUT2D eigenvalue weighted by atomic mass is 35.5. The van der Waals surface area contributed by atoms with Gasteiger partial charge < -0.3 is 10.1 Å². The Kier molecular flexibility index (Phi) is 4.69. The van der Waals surface area contributed by atoms with E-state index in [2.05, 4.69) is 5.32 Å². The van der Waals surface area contributed by atoms with Crippen LogP contribution in [-0.2, 0) is 0 Å². The molecule has 1 aromatic rings. The number of piperidine rings is 1. The van der Waals surface area contributed by atoms with Gasteiger partial charge in [-0.3, -0.25) is 0 Å². The SMILES string of the molecule is Cc1ccc(Cl)c(OCC[C@@H]2CCCCN2)c1. The zero-order valence-electron chi connectivity index (χ0n) is 10.3. The van der Waals surface area contributed by atoms with Gasteiger partial charge in [0.2, 0.25) is 0 Å². The van der Waals surface area contributed by atoms with Gasteiger partial charge in [0.05, 0.1) is 11.6 Å². The van der Waals surface area contributed by atoms with Crippen molar-refractivity contribution < 1.29 is 4.74 Å². The summed E-state index contributed by atoms with van der Waals surface area (Å²) in [6, 6.07) is 6.51. The number of aryl methyl sites for hydroxylation is 1. The Morgan fingerprint density at radius 1 is 1.41 bits per heavy atom. The highest BCUT2D eigenvalue weighted by molar-refractivity contribution is 6.32. The van der Waals surface area contributed by atoms with E-state index in [0.717, 1.165) is 25.3 Å². The van der Waals surface area contributed by atoms with E-state index in [0.29, 0.717) is 11.1 Å². The van der Waals surface area contributed by atoms with Crippen LogP contribution >= 0.6 is 11.6 Å². The average Bonchev–Trinajstić information content (AvgIpc) is 2.35.